The third-order valence-electron chi connectivity index (χ3n) is 2.59. The summed E-state index contributed by atoms with van der Waals surface area (Å²) in [7, 11) is 0. The highest BCUT2D eigenvalue weighted by Gasteiger charge is 2.30. The number of unbranched alkanes of at least 4 members (excludes halogenated alkanes) is 1. The molecule has 0 saturated heterocycles. The van der Waals surface area contributed by atoms with Crippen LogP contribution in [-0.4, -0.2) is 21.2 Å². The van der Waals surface area contributed by atoms with Gasteiger partial charge in [-0.1, -0.05) is 18.6 Å². The number of hydrogen-bond donors (Lipinski definition) is 0. The van der Waals surface area contributed by atoms with Crippen molar-refractivity contribution in [3.8, 4) is 0 Å². The van der Waals surface area contributed by atoms with Gasteiger partial charge in [-0.25, -0.2) is 9.48 Å². The molecule has 8 heteroatoms. The van der Waals surface area contributed by atoms with Crippen molar-refractivity contribution in [2.24, 2.45) is 0 Å². The lowest BCUT2D eigenvalue weighted by Crippen LogP contribution is -2.18. The number of halogens is 3. The van der Waals surface area contributed by atoms with Crippen LogP contribution >= 0.6 is 0 Å². The van der Waals surface area contributed by atoms with Gasteiger partial charge in [0.1, 0.15) is 17.8 Å². The fraction of sp³-hybridized carbons (Fsp3) is 0.545. The Morgan fingerprint density at radius 2 is 2.16 bits per heavy atom. The maximum absolute atomic E-state index is 12.4. The van der Waals surface area contributed by atoms with Crippen LogP contribution in [0.25, 0.3) is 11.0 Å². The van der Waals surface area contributed by atoms with Gasteiger partial charge in [-0.15, -0.1) is 5.10 Å². The Morgan fingerprint density at radius 3 is 2.79 bits per heavy atom. The van der Waals surface area contributed by atoms with E-state index in [0.29, 0.717) is 16.9 Å². The normalized spacial score (nSPS) is 12.2. The molecule has 19 heavy (non-hydrogen) atoms. The molecule has 104 valence electrons. The first kappa shape index (κ1) is 13.6. The zero-order valence-electron chi connectivity index (χ0n) is 10.2. The maximum Gasteiger partial charge on any atom is 0.408 e. The molecule has 2 aromatic rings. The van der Waals surface area contributed by atoms with Crippen LogP contribution in [0.5, 0.6) is 0 Å². The molecule has 0 amide bonds. The minimum absolute atomic E-state index is 0.0553. The predicted molar refractivity (Wildman–Crippen MR) is 60.7 cm³/mol. The van der Waals surface area contributed by atoms with Crippen molar-refractivity contribution in [2.75, 3.05) is 0 Å². The van der Waals surface area contributed by atoms with Gasteiger partial charge in [0.25, 0.3) is 0 Å². The molecule has 0 saturated carbocycles. The highest BCUT2D eigenvalue weighted by Crippen LogP contribution is 2.20. The Bertz CT molecular complexity index is 630. The topological polar surface area (TPSA) is 60.9 Å². The first-order valence-electron chi connectivity index (χ1n) is 5.83. The van der Waals surface area contributed by atoms with E-state index in [1.165, 1.54) is 6.07 Å². The molecule has 0 bridgehead atoms. The molecule has 0 aliphatic rings. The van der Waals surface area contributed by atoms with E-state index in [9.17, 15) is 18.0 Å². The lowest BCUT2D eigenvalue weighted by Gasteiger charge is -2.06. The number of alkyl halides is 3. The molecule has 0 aromatic carbocycles. The zero-order valence-corrected chi connectivity index (χ0v) is 10.2. The first-order valence-corrected chi connectivity index (χ1v) is 5.83. The number of aromatic nitrogens is 3. The Morgan fingerprint density at radius 1 is 1.42 bits per heavy atom. The molecule has 2 aromatic heterocycles. The third kappa shape index (κ3) is 3.12. The minimum atomic E-state index is -4.42. The standard InChI is InChI=1S/C11H12F3N3O2/c1-2-3-4-7-5-8-9(10(18)19-7)15-16-17(8)6-11(12,13)14/h5H,2-4,6H2,1H3. The summed E-state index contributed by atoms with van der Waals surface area (Å²) in [5, 5.41) is 6.78. The Kier molecular flexibility index (Phi) is 3.59. The van der Waals surface area contributed by atoms with Gasteiger partial charge < -0.3 is 4.42 Å². The van der Waals surface area contributed by atoms with Crippen LogP contribution in [0.1, 0.15) is 25.5 Å². The van der Waals surface area contributed by atoms with Crippen LogP contribution in [0.2, 0.25) is 0 Å². The number of fused-ring (bicyclic) bond motifs is 1. The van der Waals surface area contributed by atoms with E-state index in [2.05, 4.69) is 10.3 Å². The molecular formula is C11H12F3N3O2. The second-order valence-corrected chi connectivity index (χ2v) is 4.20. The Labute approximate surface area is 106 Å². The second-order valence-electron chi connectivity index (χ2n) is 4.20. The number of hydrogen-bond acceptors (Lipinski definition) is 4. The summed E-state index contributed by atoms with van der Waals surface area (Å²) < 4.78 is 42.7. The predicted octanol–water partition coefficient (Wildman–Crippen LogP) is 2.29. The van der Waals surface area contributed by atoms with Gasteiger partial charge >= 0.3 is 11.8 Å². The van der Waals surface area contributed by atoms with Gasteiger partial charge in [0.2, 0.25) is 0 Å². The highest BCUT2D eigenvalue weighted by atomic mass is 19.4. The number of rotatable bonds is 4. The van der Waals surface area contributed by atoms with E-state index in [0.717, 1.165) is 12.8 Å². The Hall–Kier alpha value is -1.86. The molecular weight excluding hydrogens is 263 g/mol. The van der Waals surface area contributed by atoms with E-state index < -0.39 is 18.3 Å². The zero-order chi connectivity index (χ0) is 14.0. The first-order chi connectivity index (χ1) is 8.90. The summed E-state index contributed by atoms with van der Waals surface area (Å²) in [4.78, 5) is 11.6. The fourth-order valence-corrected chi connectivity index (χ4v) is 1.72. The quantitative estimate of drug-likeness (QED) is 0.859. The molecule has 0 atom stereocenters. The highest BCUT2D eigenvalue weighted by molar-refractivity contribution is 5.72. The number of aryl methyl sites for hydroxylation is 1. The fourth-order valence-electron chi connectivity index (χ4n) is 1.72. The summed E-state index contributed by atoms with van der Waals surface area (Å²) in [6.07, 6.45) is -2.24. The lowest BCUT2D eigenvalue weighted by atomic mass is 10.2. The van der Waals surface area contributed by atoms with Crippen LogP contribution in [-0.2, 0) is 13.0 Å². The van der Waals surface area contributed by atoms with Gasteiger partial charge in [-0.3, -0.25) is 0 Å². The summed E-state index contributed by atoms with van der Waals surface area (Å²) in [6, 6.07) is 1.40. The minimum Gasteiger partial charge on any atom is -0.426 e. The summed E-state index contributed by atoms with van der Waals surface area (Å²) in [5.74, 6) is 0.352. The van der Waals surface area contributed by atoms with Crippen LogP contribution in [0.3, 0.4) is 0 Å². The molecule has 0 spiro atoms. The lowest BCUT2D eigenvalue weighted by molar-refractivity contribution is -0.142. The van der Waals surface area contributed by atoms with Crippen molar-refractivity contribution in [1.29, 1.82) is 0 Å². The van der Waals surface area contributed by atoms with Crippen LogP contribution < -0.4 is 5.63 Å². The van der Waals surface area contributed by atoms with E-state index in [1.807, 2.05) is 6.92 Å². The third-order valence-corrected chi connectivity index (χ3v) is 2.59. The molecule has 0 aliphatic carbocycles. The van der Waals surface area contributed by atoms with Gasteiger partial charge in [0.05, 0.1) is 0 Å². The molecule has 0 N–H and O–H groups in total. The average Bonchev–Trinajstić information content (AvgIpc) is 2.68. The average molecular weight is 275 g/mol. The van der Waals surface area contributed by atoms with Gasteiger partial charge in [-0.05, 0) is 6.42 Å². The van der Waals surface area contributed by atoms with E-state index in [4.69, 9.17) is 4.42 Å². The molecule has 5 nitrogen and oxygen atoms in total. The van der Waals surface area contributed by atoms with Crippen molar-refractivity contribution >= 4 is 11.0 Å². The van der Waals surface area contributed by atoms with Gasteiger partial charge in [-0.2, -0.15) is 13.2 Å². The largest absolute Gasteiger partial charge is 0.426 e. The molecule has 2 rings (SSSR count). The monoisotopic (exact) mass is 275 g/mol. The van der Waals surface area contributed by atoms with E-state index in [1.54, 1.807) is 0 Å². The van der Waals surface area contributed by atoms with Crippen LogP contribution in [0.15, 0.2) is 15.3 Å². The van der Waals surface area contributed by atoms with Crippen LogP contribution in [0, 0.1) is 0 Å². The Balaban J connectivity index is 2.44. The summed E-state index contributed by atoms with van der Waals surface area (Å²) in [5.41, 5.74) is -0.874. The SMILES string of the molecule is CCCCc1cc2c(nnn2CC(F)(F)F)c(=O)o1. The molecule has 0 unspecified atom stereocenters. The molecule has 0 aliphatic heterocycles. The van der Waals surface area contributed by atoms with Crippen molar-refractivity contribution in [3.05, 3.63) is 22.2 Å². The second kappa shape index (κ2) is 5.02. The van der Waals surface area contributed by atoms with E-state index in [-0.39, 0.29) is 11.0 Å². The van der Waals surface area contributed by atoms with Crippen molar-refractivity contribution in [3.63, 3.8) is 0 Å². The van der Waals surface area contributed by atoms with E-state index >= 15 is 0 Å². The van der Waals surface area contributed by atoms with Gasteiger partial charge in [0.15, 0.2) is 5.52 Å². The molecule has 2 heterocycles. The van der Waals surface area contributed by atoms with Crippen LogP contribution in [0.4, 0.5) is 13.2 Å². The van der Waals surface area contributed by atoms with Crippen molar-refractivity contribution in [2.45, 2.75) is 38.9 Å². The summed E-state index contributed by atoms with van der Waals surface area (Å²) in [6.45, 7) is 0.687. The van der Waals surface area contributed by atoms with Crippen molar-refractivity contribution < 1.29 is 17.6 Å². The smallest absolute Gasteiger partial charge is 0.408 e. The molecule has 0 fully saturated rings. The van der Waals surface area contributed by atoms with Gasteiger partial charge in [0, 0.05) is 12.5 Å². The number of nitrogens with zero attached hydrogens (tertiary/aromatic N) is 3. The van der Waals surface area contributed by atoms with Crippen molar-refractivity contribution in [1.82, 2.24) is 15.0 Å². The maximum atomic E-state index is 12.4. The summed E-state index contributed by atoms with van der Waals surface area (Å²) >= 11 is 0. The molecule has 0 radical (unpaired) electrons.